The minimum Gasteiger partial charge on any atom is -0.493 e. The van der Waals surface area contributed by atoms with Gasteiger partial charge in [0.2, 0.25) is 5.91 Å². The van der Waals surface area contributed by atoms with Crippen molar-refractivity contribution in [1.82, 2.24) is 9.80 Å². The Labute approximate surface area is 160 Å². The summed E-state index contributed by atoms with van der Waals surface area (Å²) in [6.07, 6.45) is 0.893. The van der Waals surface area contributed by atoms with E-state index in [1.54, 1.807) is 19.1 Å². The van der Waals surface area contributed by atoms with Gasteiger partial charge in [0.15, 0.2) is 11.5 Å². The van der Waals surface area contributed by atoms with Crippen LogP contribution in [0.4, 0.5) is 5.69 Å². The molecule has 0 atom stereocenters. The largest absolute Gasteiger partial charge is 0.493 e. The molecular formula is C21H27N3O3. The van der Waals surface area contributed by atoms with E-state index in [4.69, 9.17) is 15.2 Å². The first kappa shape index (κ1) is 19.0. The van der Waals surface area contributed by atoms with Gasteiger partial charge in [-0.25, -0.2) is 0 Å². The molecule has 2 N–H and O–H groups in total. The molecule has 0 fully saturated rings. The number of ether oxygens (including phenoxy) is 2. The van der Waals surface area contributed by atoms with Gasteiger partial charge in [-0.3, -0.25) is 9.69 Å². The van der Waals surface area contributed by atoms with Crippen LogP contribution >= 0.6 is 0 Å². The fourth-order valence-electron chi connectivity index (χ4n) is 3.37. The van der Waals surface area contributed by atoms with Crippen molar-refractivity contribution in [3.05, 3.63) is 53.1 Å². The second-order valence-electron chi connectivity index (χ2n) is 6.93. The summed E-state index contributed by atoms with van der Waals surface area (Å²) in [6.45, 7) is 2.56. The first-order valence-corrected chi connectivity index (χ1v) is 9.04. The summed E-state index contributed by atoms with van der Waals surface area (Å²) >= 11 is 0. The minimum absolute atomic E-state index is 0.107. The molecule has 1 aliphatic heterocycles. The van der Waals surface area contributed by atoms with Crippen LogP contribution in [0, 0.1) is 0 Å². The predicted octanol–water partition coefficient (Wildman–Crippen LogP) is 2.30. The van der Waals surface area contributed by atoms with Gasteiger partial charge < -0.3 is 20.1 Å². The molecule has 1 heterocycles. The van der Waals surface area contributed by atoms with E-state index in [1.807, 2.05) is 43.4 Å². The fourth-order valence-corrected chi connectivity index (χ4v) is 3.37. The molecule has 0 bridgehead atoms. The lowest BCUT2D eigenvalue weighted by Crippen LogP contribution is -2.40. The van der Waals surface area contributed by atoms with Gasteiger partial charge in [0, 0.05) is 32.4 Å². The number of carbonyl (C=O) groups is 1. The van der Waals surface area contributed by atoms with Crippen molar-refractivity contribution in [2.24, 2.45) is 0 Å². The fraction of sp³-hybridized carbons (Fsp3) is 0.381. The zero-order valence-electron chi connectivity index (χ0n) is 16.2. The number of hydrogen-bond donors (Lipinski definition) is 1. The summed E-state index contributed by atoms with van der Waals surface area (Å²) < 4.78 is 10.8. The lowest BCUT2D eigenvalue weighted by atomic mass is 9.99. The molecule has 144 valence electrons. The SMILES string of the molecule is COc1cc2c(cc1OC)CN(CC(=O)N(C)Cc1ccc(N)cc1)CC2. The van der Waals surface area contributed by atoms with Crippen molar-refractivity contribution >= 4 is 11.6 Å². The van der Waals surface area contributed by atoms with E-state index >= 15 is 0 Å². The summed E-state index contributed by atoms with van der Waals surface area (Å²) in [4.78, 5) is 16.6. The first-order chi connectivity index (χ1) is 13.0. The van der Waals surface area contributed by atoms with Crippen molar-refractivity contribution in [2.45, 2.75) is 19.5 Å². The van der Waals surface area contributed by atoms with Gasteiger partial charge in [-0.2, -0.15) is 0 Å². The highest BCUT2D eigenvalue weighted by Crippen LogP contribution is 2.33. The third kappa shape index (κ3) is 4.52. The van der Waals surface area contributed by atoms with Crippen molar-refractivity contribution in [1.29, 1.82) is 0 Å². The summed E-state index contributed by atoms with van der Waals surface area (Å²) in [5, 5.41) is 0. The van der Waals surface area contributed by atoms with Crippen molar-refractivity contribution < 1.29 is 14.3 Å². The molecule has 0 spiro atoms. The number of nitrogens with zero attached hydrogens (tertiary/aromatic N) is 2. The zero-order valence-corrected chi connectivity index (χ0v) is 16.2. The Bertz CT molecular complexity index is 805. The van der Waals surface area contributed by atoms with Crippen LogP contribution in [0.3, 0.4) is 0 Å². The normalized spacial score (nSPS) is 13.7. The van der Waals surface area contributed by atoms with Crippen LogP contribution < -0.4 is 15.2 Å². The quantitative estimate of drug-likeness (QED) is 0.792. The lowest BCUT2D eigenvalue weighted by Gasteiger charge is -2.30. The second-order valence-corrected chi connectivity index (χ2v) is 6.93. The van der Waals surface area contributed by atoms with E-state index in [0.717, 1.165) is 42.3 Å². The molecular weight excluding hydrogens is 342 g/mol. The molecule has 0 aromatic heterocycles. The molecule has 0 radical (unpaired) electrons. The van der Waals surface area contributed by atoms with Gasteiger partial charge in [-0.1, -0.05) is 12.1 Å². The standard InChI is InChI=1S/C21H27N3O3/c1-23(12-15-4-6-18(22)7-5-15)21(25)14-24-9-8-16-10-19(26-2)20(27-3)11-17(16)13-24/h4-7,10-11H,8-9,12-14,22H2,1-3H3. The third-order valence-electron chi connectivity index (χ3n) is 4.98. The Morgan fingerprint density at radius 3 is 2.37 bits per heavy atom. The van der Waals surface area contributed by atoms with Crippen LogP contribution in [0.5, 0.6) is 11.5 Å². The molecule has 0 unspecified atom stereocenters. The Kier molecular flexibility index (Phi) is 5.86. The monoisotopic (exact) mass is 369 g/mol. The average Bonchev–Trinajstić information content (AvgIpc) is 2.68. The Morgan fingerprint density at radius 2 is 1.74 bits per heavy atom. The number of carbonyl (C=O) groups excluding carboxylic acids is 1. The summed E-state index contributed by atoms with van der Waals surface area (Å²) in [6, 6.07) is 11.7. The highest BCUT2D eigenvalue weighted by Gasteiger charge is 2.22. The van der Waals surface area contributed by atoms with Crippen LogP contribution in [0.25, 0.3) is 0 Å². The first-order valence-electron chi connectivity index (χ1n) is 9.04. The van der Waals surface area contributed by atoms with Gasteiger partial charge in [0.1, 0.15) is 0 Å². The van der Waals surface area contributed by atoms with Gasteiger partial charge >= 0.3 is 0 Å². The Balaban J connectivity index is 1.61. The molecule has 27 heavy (non-hydrogen) atoms. The highest BCUT2D eigenvalue weighted by molar-refractivity contribution is 5.78. The topological polar surface area (TPSA) is 68.0 Å². The number of nitrogens with two attached hydrogens (primary N) is 1. The molecule has 1 amide bonds. The Hall–Kier alpha value is -2.73. The number of hydrogen-bond acceptors (Lipinski definition) is 5. The smallest absolute Gasteiger partial charge is 0.236 e. The molecule has 2 aromatic rings. The maximum Gasteiger partial charge on any atom is 0.236 e. The van der Waals surface area contributed by atoms with E-state index in [9.17, 15) is 4.79 Å². The van der Waals surface area contributed by atoms with Gasteiger partial charge in [-0.05, 0) is 47.4 Å². The average molecular weight is 369 g/mol. The number of amides is 1. The van der Waals surface area contributed by atoms with E-state index in [-0.39, 0.29) is 5.91 Å². The molecule has 6 nitrogen and oxygen atoms in total. The zero-order chi connectivity index (χ0) is 19.4. The van der Waals surface area contributed by atoms with E-state index in [0.29, 0.717) is 13.1 Å². The molecule has 2 aromatic carbocycles. The number of benzene rings is 2. The van der Waals surface area contributed by atoms with Gasteiger partial charge in [0.05, 0.1) is 20.8 Å². The molecule has 3 rings (SSSR count). The van der Waals surface area contributed by atoms with Gasteiger partial charge in [0.25, 0.3) is 0 Å². The van der Waals surface area contributed by atoms with Crippen LogP contribution in [-0.4, -0.2) is 50.1 Å². The number of likely N-dealkylation sites (N-methyl/N-ethyl adjacent to an activating group) is 1. The molecule has 0 saturated carbocycles. The van der Waals surface area contributed by atoms with E-state index in [1.165, 1.54) is 11.1 Å². The third-order valence-corrected chi connectivity index (χ3v) is 4.98. The lowest BCUT2D eigenvalue weighted by molar-refractivity contribution is -0.131. The van der Waals surface area contributed by atoms with E-state index in [2.05, 4.69) is 4.90 Å². The van der Waals surface area contributed by atoms with E-state index < -0.39 is 0 Å². The molecule has 1 aliphatic rings. The number of fused-ring (bicyclic) bond motifs is 1. The molecule has 6 heteroatoms. The Morgan fingerprint density at radius 1 is 1.11 bits per heavy atom. The van der Waals surface area contributed by atoms with Gasteiger partial charge in [-0.15, -0.1) is 0 Å². The van der Waals surface area contributed by atoms with Crippen molar-refractivity contribution in [3.63, 3.8) is 0 Å². The molecule has 0 saturated heterocycles. The van der Waals surface area contributed by atoms with Crippen LogP contribution in [0.1, 0.15) is 16.7 Å². The number of rotatable bonds is 6. The van der Waals surface area contributed by atoms with Crippen LogP contribution in [0.15, 0.2) is 36.4 Å². The maximum absolute atomic E-state index is 12.6. The highest BCUT2D eigenvalue weighted by atomic mass is 16.5. The number of anilines is 1. The van der Waals surface area contributed by atoms with Crippen molar-refractivity contribution in [3.8, 4) is 11.5 Å². The van der Waals surface area contributed by atoms with Crippen molar-refractivity contribution in [2.75, 3.05) is 40.1 Å². The summed E-state index contributed by atoms with van der Waals surface area (Å²) in [5.74, 6) is 1.59. The second kappa shape index (κ2) is 8.31. The molecule has 0 aliphatic carbocycles. The minimum atomic E-state index is 0.107. The predicted molar refractivity (Wildman–Crippen MR) is 106 cm³/mol. The maximum atomic E-state index is 12.6. The number of methoxy groups -OCH3 is 2. The van der Waals surface area contributed by atoms with Crippen LogP contribution in [0.2, 0.25) is 0 Å². The number of nitrogen functional groups attached to an aromatic ring is 1. The summed E-state index contributed by atoms with van der Waals surface area (Å²) in [5.41, 5.74) is 9.96. The van der Waals surface area contributed by atoms with Crippen LogP contribution in [-0.2, 0) is 24.3 Å². The summed E-state index contributed by atoms with van der Waals surface area (Å²) in [7, 11) is 5.12.